The third-order valence-corrected chi connectivity index (χ3v) is 3.28. The number of nitrogen functional groups attached to an aromatic ring is 1. The van der Waals surface area contributed by atoms with Crippen LogP contribution in [-0.4, -0.2) is 16.6 Å². The third kappa shape index (κ3) is 3.33. The fraction of sp³-hybridized carbons (Fsp3) is 0.286. The molecule has 0 unspecified atom stereocenters. The highest BCUT2D eigenvalue weighted by Gasteiger charge is 2.24. The average Bonchev–Trinajstić information content (AvgIpc) is 2.70. The molecule has 0 aliphatic carbocycles. The van der Waals surface area contributed by atoms with Gasteiger partial charge in [0, 0.05) is 0 Å². The van der Waals surface area contributed by atoms with E-state index < -0.39 is 11.6 Å². The minimum absolute atomic E-state index is 0.161. The van der Waals surface area contributed by atoms with Gasteiger partial charge in [0.05, 0.1) is 4.88 Å². The standard InChI is InChI=1S/C14H15FN2O2S/c1-14(2,3)19-12(18)10-11(20-13(16)17-10)8-4-6-9(15)7-5-8/h4-7H,1-3H3,(H2,16,17). The maximum absolute atomic E-state index is 13.0. The van der Waals surface area contributed by atoms with Crippen molar-refractivity contribution in [3.8, 4) is 10.4 Å². The molecule has 0 saturated heterocycles. The Balaban J connectivity index is 2.40. The Kier molecular flexibility index (Phi) is 3.76. The van der Waals surface area contributed by atoms with Crippen molar-refractivity contribution in [3.05, 3.63) is 35.8 Å². The van der Waals surface area contributed by atoms with Gasteiger partial charge >= 0.3 is 5.97 Å². The van der Waals surface area contributed by atoms with Gasteiger partial charge < -0.3 is 10.5 Å². The topological polar surface area (TPSA) is 65.2 Å². The van der Waals surface area contributed by atoms with Crippen molar-refractivity contribution in [2.45, 2.75) is 26.4 Å². The van der Waals surface area contributed by atoms with E-state index in [0.29, 0.717) is 10.4 Å². The summed E-state index contributed by atoms with van der Waals surface area (Å²) in [5.74, 6) is -0.880. The van der Waals surface area contributed by atoms with Crippen LogP contribution in [0.3, 0.4) is 0 Å². The zero-order valence-corrected chi connectivity index (χ0v) is 12.3. The van der Waals surface area contributed by atoms with Gasteiger partial charge in [-0.05, 0) is 38.5 Å². The second-order valence-corrected chi connectivity index (χ2v) is 6.27. The molecule has 0 radical (unpaired) electrons. The number of nitrogens with two attached hydrogens (primary N) is 1. The average molecular weight is 294 g/mol. The molecule has 4 nitrogen and oxygen atoms in total. The van der Waals surface area contributed by atoms with Crippen molar-refractivity contribution < 1.29 is 13.9 Å². The lowest BCUT2D eigenvalue weighted by atomic mass is 10.1. The fourth-order valence-electron chi connectivity index (χ4n) is 1.60. The summed E-state index contributed by atoms with van der Waals surface area (Å²) in [5.41, 5.74) is 5.90. The van der Waals surface area contributed by atoms with Gasteiger partial charge in [-0.1, -0.05) is 23.5 Å². The largest absolute Gasteiger partial charge is 0.455 e. The second-order valence-electron chi connectivity index (χ2n) is 5.24. The van der Waals surface area contributed by atoms with E-state index >= 15 is 0 Å². The number of benzene rings is 1. The summed E-state index contributed by atoms with van der Waals surface area (Å²) in [7, 11) is 0. The van der Waals surface area contributed by atoms with Gasteiger partial charge in [-0.15, -0.1) is 0 Å². The normalized spacial score (nSPS) is 11.4. The van der Waals surface area contributed by atoms with Crippen LogP contribution in [0.1, 0.15) is 31.3 Å². The molecule has 0 spiro atoms. The number of carbonyl (C=O) groups is 1. The molecule has 106 valence electrons. The van der Waals surface area contributed by atoms with Crippen LogP contribution in [0.4, 0.5) is 9.52 Å². The highest BCUT2D eigenvalue weighted by Crippen LogP contribution is 2.32. The first-order chi connectivity index (χ1) is 9.26. The summed E-state index contributed by atoms with van der Waals surface area (Å²) in [6.45, 7) is 5.33. The third-order valence-electron chi connectivity index (χ3n) is 2.34. The minimum atomic E-state index is -0.616. The fourth-order valence-corrected chi connectivity index (χ4v) is 2.42. The highest BCUT2D eigenvalue weighted by atomic mass is 32.1. The Labute approximate surface area is 120 Å². The smallest absolute Gasteiger partial charge is 0.359 e. The number of rotatable bonds is 2. The minimum Gasteiger partial charge on any atom is -0.455 e. The number of aromatic nitrogens is 1. The molecule has 2 rings (SSSR count). The molecule has 0 fully saturated rings. The molecule has 20 heavy (non-hydrogen) atoms. The van der Waals surface area contributed by atoms with Crippen molar-refractivity contribution in [3.63, 3.8) is 0 Å². The Morgan fingerprint density at radius 3 is 2.45 bits per heavy atom. The number of ether oxygens (including phenoxy) is 1. The number of anilines is 1. The van der Waals surface area contributed by atoms with Gasteiger partial charge in [-0.25, -0.2) is 14.2 Å². The predicted octanol–water partition coefficient (Wildman–Crippen LogP) is 3.49. The molecule has 0 bridgehead atoms. The number of thiazole rings is 1. The van der Waals surface area contributed by atoms with E-state index in [2.05, 4.69) is 4.98 Å². The molecule has 0 aliphatic rings. The first kappa shape index (κ1) is 14.5. The Morgan fingerprint density at radius 2 is 1.90 bits per heavy atom. The monoisotopic (exact) mass is 294 g/mol. The van der Waals surface area contributed by atoms with Crippen LogP contribution in [0.2, 0.25) is 0 Å². The van der Waals surface area contributed by atoms with Crippen LogP contribution in [-0.2, 0) is 4.74 Å². The van der Waals surface area contributed by atoms with E-state index in [0.717, 1.165) is 0 Å². The van der Waals surface area contributed by atoms with Crippen LogP contribution < -0.4 is 5.73 Å². The van der Waals surface area contributed by atoms with Crippen LogP contribution in [0.15, 0.2) is 24.3 Å². The van der Waals surface area contributed by atoms with E-state index in [1.165, 1.54) is 23.5 Å². The first-order valence-corrected chi connectivity index (χ1v) is 6.83. The summed E-state index contributed by atoms with van der Waals surface area (Å²) in [6.07, 6.45) is 0. The van der Waals surface area contributed by atoms with Crippen LogP contribution in [0.25, 0.3) is 10.4 Å². The van der Waals surface area contributed by atoms with E-state index in [1.807, 2.05) is 0 Å². The Bertz CT molecular complexity index is 630. The van der Waals surface area contributed by atoms with Gasteiger partial charge in [0.25, 0.3) is 0 Å². The molecule has 6 heteroatoms. The molecular weight excluding hydrogens is 279 g/mol. The first-order valence-electron chi connectivity index (χ1n) is 6.02. The van der Waals surface area contributed by atoms with Crippen molar-refractivity contribution >= 4 is 22.4 Å². The summed E-state index contributed by atoms with van der Waals surface area (Å²) < 4.78 is 18.3. The highest BCUT2D eigenvalue weighted by molar-refractivity contribution is 7.19. The number of nitrogens with zero attached hydrogens (tertiary/aromatic N) is 1. The number of hydrogen-bond acceptors (Lipinski definition) is 5. The number of carbonyl (C=O) groups excluding carboxylic acids is 1. The van der Waals surface area contributed by atoms with Gasteiger partial charge in [-0.2, -0.15) is 0 Å². The van der Waals surface area contributed by atoms with E-state index in [9.17, 15) is 9.18 Å². The maximum atomic E-state index is 13.0. The van der Waals surface area contributed by atoms with Crippen LogP contribution in [0.5, 0.6) is 0 Å². The SMILES string of the molecule is CC(C)(C)OC(=O)c1nc(N)sc1-c1ccc(F)cc1. The van der Waals surface area contributed by atoms with Gasteiger partial charge in [0.15, 0.2) is 10.8 Å². The van der Waals surface area contributed by atoms with E-state index in [-0.39, 0.29) is 16.6 Å². The molecule has 0 atom stereocenters. The van der Waals surface area contributed by atoms with Gasteiger partial charge in [0.2, 0.25) is 0 Å². The maximum Gasteiger partial charge on any atom is 0.359 e. The molecular formula is C14H15FN2O2S. The molecule has 2 aromatic rings. The summed E-state index contributed by atoms with van der Waals surface area (Å²) in [5, 5.41) is 0.269. The van der Waals surface area contributed by atoms with E-state index in [1.54, 1.807) is 32.9 Å². The number of halogens is 1. The predicted molar refractivity (Wildman–Crippen MR) is 77.1 cm³/mol. The lowest BCUT2D eigenvalue weighted by molar-refractivity contribution is 0.00647. The molecule has 0 aliphatic heterocycles. The molecule has 1 aromatic carbocycles. The van der Waals surface area contributed by atoms with Crippen LogP contribution in [0, 0.1) is 5.82 Å². The van der Waals surface area contributed by atoms with Crippen molar-refractivity contribution in [1.82, 2.24) is 4.98 Å². The zero-order valence-electron chi connectivity index (χ0n) is 11.4. The Morgan fingerprint density at radius 1 is 1.30 bits per heavy atom. The lowest BCUT2D eigenvalue weighted by Crippen LogP contribution is -2.24. The van der Waals surface area contributed by atoms with E-state index in [4.69, 9.17) is 10.5 Å². The number of esters is 1. The molecule has 0 amide bonds. The summed E-state index contributed by atoms with van der Waals surface area (Å²) in [4.78, 5) is 16.7. The lowest BCUT2D eigenvalue weighted by Gasteiger charge is -2.19. The summed E-state index contributed by atoms with van der Waals surface area (Å²) in [6, 6.07) is 5.81. The molecule has 1 heterocycles. The van der Waals surface area contributed by atoms with Crippen molar-refractivity contribution in [2.24, 2.45) is 0 Å². The van der Waals surface area contributed by atoms with Gasteiger partial charge in [-0.3, -0.25) is 0 Å². The molecule has 2 N–H and O–H groups in total. The zero-order chi connectivity index (χ0) is 14.9. The molecule has 0 saturated carbocycles. The van der Waals surface area contributed by atoms with Gasteiger partial charge in [0.1, 0.15) is 11.4 Å². The second kappa shape index (κ2) is 5.20. The number of hydrogen-bond donors (Lipinski definition) is 1. The quantitative estimate of drug-likeness (QED) is 0.861. The van der Waals surface area contributed by atoms with Crippen molar-refractivity contribution in [1.29, 1.82) is 0 Å². The van der Waals surface area contributed by atoms with Crippen molar-refractivity contribution in [2.75, 3.05) is 5.73 Å². The Hall–Kier alpha value is -1.95. The molecule has 1 aromatic heterocycles. The summed E-state index contributed by atoms with van der Waals surface area (Å²) >= 11 is 1.17. The van der Waals surface area contributed by atoms with Crippen LogP contribution >= 0.6 is 11.3 Å².